The molecule has 0 radical (unpaired) electrons. The molecule has 0 bridgehead atoms. The minimum Gasteiger partial charge on any atom is -0.456 e. The standard InChI is InChI=1S/C117H80N4O/c1-117(2)104-70-60-81(82-61-71-108-103(74-82)96-46-22-25-54-106(96)120(108)86-64-62-85(63-65-86)118(89-67-69-98-97-47-24-27-59-112(97)122-113(98)76-89)109-56-29-51-92(79-36-12-5-13-37-79)114(109)99-48-20-18-44-90(99)77-32-8-3-9-33-77)73-102(104)95-68-66-88(75-105(95)117)119(110-57-30-52-93(80-38-14-6-15-39-80)115(110)100-49-21-19-45-91(100)78-34-10-4-11-35-78)87-43-28-40-83(72-87)94-53-31-58-111-116(94)101-50-23-26-55-107(101)121(111)84-41-16-7-17-42-84/h3-76H,1-2H3. The number of hydrogen-bond donors (Lipinski definition) is 0. The number of fused-ring (bicyclic) bond motifs is 12. The molecule has 0 fully saturated rings. The highest BCUT2D eigenvalue weighted by atomic mass is 16.3. The van der Waals surface area contributed by atoms with Gasteiger partial charge in [-0.05, 0) is 228 Å². The van der Waals surface area contributed by atoms with Crippen LogP contribution in [0, 0.1) is 0 Å². The Balaban J connectivity index is 0.649. The van der Waals surface area contributed by atoms with Gasteiger partial charge in [-0.15, -0.1) is 0 Å². The predicted molar refractivity (Wildman–Crippen MR) is 513 cm³/mol. The van der Waals surface area contributed by atoms with Crippen molar-refractivity contribution in [2.45, 2.75) is 19.3 Å². The Hall–Kier alpha value is -15.8. The molecule has 0 N–H and O–H groups in total. The zero-order valence-electron chi connectivity index (χ0n) is 67.4. The summed E-state index contributed by atoms with van der Waals surface area (Å²) in [5, 5.41) is 7.00. The molecule has 0 amide bonds. The lowest BCUT2D eigenvalue weighted by atomic mass is 9.82. The van der Waals surface area contributed by atoms with E-state index in [4.69, 9.17) is 4.42 Å². The second kappa shape index (κ2) is 29.4. The Morgan fingerprint density at radius 1 is 0.213 bits per heavy atom. The van der Waals surface area contributed by atoms with Crippen LogP contribution in [0.1, 0.15) is 25.0 Å². The molecule has 0 aliphatic heterocycles. The third-order valence-electron chi connectivity index (χ3n) is 25.3. The number of rotatable bonds is 16. The Morgan fingerprint density at radius 3 is 1.29 bits per heavy atom. The van der Waals surface area contributed by atoms with Gasteiger partial charge in [-0.2, -0.15) is 0 Å². The SMILES string of the molecule is CC1(C)c2ccc(-c3ccc4c(c3)c3ccccc3n4-c3ccc(N(c4ccc5c(c4)oc4ccccc45)c4cccc(-c5ccccc5)c4-c4ccccc4-c4ccccc4)cc3)cc2-c2ccc(N(c3cccc(-c4cccc5c4c4ccccc4n5-c4ccccc4)c3)c3cccc(-c4ccccc4)c3-c3ccccc3-c3ccccc3)cc21. The zero-order valence-corrected chi connectivity index (χ0v) is 67.4. The summed E-state index contributed by atoms with van der Waals surface area (Å²) in [5.41, 5.74) is 37.9. The average molecular weight is 1560 g/mol. The van der Waals surface area contributed by atoms with Crippen LogP contribution < -0.4 is 9.80 Å². The van der Waals surface area contributed by atoms with E-state index in [-0.39, 0.29) is 5.41 Å². The normalized spacial score (nSPS) is 12.2. The molecule has 23 rings (SSSR count). The highest BCUT2D eigenvalue weighted by Gasteiger charge is 2.37. The molecule has 0 spiro atoms. The van der Waals surface area contributed by atoms with E-state index in [0.29, 0.717) is 0 Å². The number of furan rings is 1. The number of aromatic nitrogens is 2. The van der Waals surface area contributed by atoms with E-state index in [2.05, 4.69) is 476 Å². The van der Waals surface area contributed by atoms with E-state index < -0.39 is 0 Å². The number of benzene rings is 19. The maximum Gasteiger partial charge on any atom is 0.137 e. The molecule has 0 saturated carbocycles. The highest BCUT2D eigenvalue weighted by molar-refractivity contribution is 6.17. The fourth-order valence-electron chi connectivity index (χ4n) is 19.8. The Labute approximate surface area is 709 Å². The summed E-state index contributed by atoms with van der Waals surface area (Å²) in [5.74, 6) is 0. The monoisotopic (exact) mass is 1560 g/mol. The van der Waals surface area contributed by atoms with E-state index in [0.717, 1.165) is 151 Å². The van der Waals surface area contributed by atoms with Gasteiger partial charge in [-0.25, -0.2) is 0 Å². The van der Waals surface area contributed by atoms with E-state index >= 15 is 0 Å². The molecule has 19 aromatic carbocycles. The van der Waals surface area contributed by atoms with Crippen molar-refractivity contribution in [3.63, 3.8) is 0 Å². The fourth-order valence-corrected chi connectivity index (χ4v) is 19.8. The van der Waals surface area contributed by atoms with Gasteiger partial charge in [0.25, 0.3) is 0 Å². The van der Waals surface area contributed by atoms with Crippen molar-refractivity contribution in [3.05, 3.63) is 460 Å². The second-order valence-corrected chi connectivity index (χ2v) is 32.6. The molecular formula is C117H80N4O. The van der Waals surface area contributed by atoms with Gasteiger partial charge >= 0.3 is 0 Å². The molecule has 0 unspecified atom stereocenters. The number of hydrogen-bond acceptors (Lipinski definition) is 3. The molecule has 574 valence electrons. The van der Waals surface area contributed by atoms with Gasteiger partial charge in [-0.1, -0.05) is 329 Å². The molecule has 22 aromatic rings. The van der Waals surface area contributed by atoms with Crippen molar-refractivity contribution < 1.29 is 4.42 Å². The molecule has 5 heteroatoms. The van der Waals surface area contributed by atoms with Crippen molar-refractivity contribution in [1.82, 2.24) is 9.13 Å². The molecule has 1 aliphatic carbocycles. The van der Waals surface area contributed by atoms with Crippen LogP contribution in [0.5, 0.6) is 0 Å². The van der Waals surface area contributed by atoms with E-state index in [9.17, 15) is 0 Å². The smallest absolute Gasteiger partial charge is 0.137 e. The molecule has 0 atom stereocenters. The summed E-state index contributed by atoms with van der Waals surface area (Å²) in [6.45, 7) is 4.82. The second-order valence-electron chi connectivity index (χ2n) is 32.6. The minimum atomic E-state index is -0.363. The molecular weight excluding hydrogens is 1480 g/mol. The molecule has 3 heterocycles. The van der Waals surface area contributed by atoms with Crippen LogP contribution in [0.2, 0.25) is 0 Å². The van der Waals surface area contributed by atoms with Crippen molar-refractivity contribution >= 4 is 99.7 Å². The maximum atomic E-state index is 6.71. The zero-order chi connectivity index (χ0) is 80.9. The summed E-state index contributed by atoms with van der Waals surface area (Å²) in [6.07, 6.45) is 0. The van der Waals surface area contributed by atoms with Crippen molar-refractivity contribution in [3.8, 4) is 112 Å². The summed E-state index contributed by atoms with van der Waals surface area (Å²) in [7, 11) is 0. The lowest BCUT2D eigenvalue weighted by Gasteiger charge is -2.31. The number of nitrogens with zero attached hydrogens (tertiary/aromatic N) is 4. The number of para-hydroxylation sites is 4. The van der Waals surface area contributed by atoms with Crippen molar-refractivity contribution in [2.75, 3.05) is 9.80 Å². The first kappa shape index (κ1) is 71.5. The van der Waals surface area contributed by atoms with Crippen LogP contribution in [-0.4, -0.2) is 9.13 Å². The number of anilines is 6. The van der Waals surface area contributed by atoms with Crippen molar-refractivity contribution in [1.29, 1.82) is 0 Å². The lowest BCUT2D eigenvalue weighted by Crippen LogP contribution is -2.17. The first-order valence-corrected chi connectivity index (χ1v) is 42.1. The Kier molecular flexibility index (Phi) is 17.2. The first-order valence-electron chi connectivity index (χ1n) is 42.1. The summed E-state index contributed by atoms with van der Waals surface area (Å²) < 4.78 is 11.6. The molecule has 3 aromatic heterocycles. The largest absolute Gasteiger partial charge is 0.456 e. The van der Waals surface area contributed by atoms with Crippen LogP contribution in [0.15, 0.2) is 453 Å². The lowest BCUT2D eigenvalue weighted by molar-refractivity contribution is 0.660. The van der Waals surface area contributed by atoms with Crippen LogP contribution in [-0.2, 0) is 5.41 Å². The summed E-state index contributed by atoms with van der Waals surface area (Å²) in [4.78, 5) is 4.96. The Bertz CT molecular complexity index is 7830. The van der Waals surface area contributed by atoms with E-state index in [1.165, 1.54) is 71.5 Å². The van der Waals surface area contributed by atoms with Gasteiger partial charge in [0.15, 0.2) is 0 Å². The van der Waals surface area contributed by atoms with Gasteiger partial charge in [0.05, 0.1) is 33.4 Å². The molecule has 122 heavy (non-hydrogen) atoms. The van der Waals surface area contributed by atoms with E-state index in [1.807, 2.05) is 6.07 Å². The van der Waals surface area contributed by atoms with Gasteiger partial charge < -0.3 is 23.4 Å². The predicted octanol–water partition coefficient (Wildman–Crippen LogP) is 32.4. The third-order valence-corrected chi connectivity index (χ3v) is 25.3. The quantitative estimate of drug-likeness (QED) is 0.0966. The Morgan fingerprint density at radius 2 is 0.639 bits per heavy atom. The fraction of sp³-hybridized carbons (Fsp3) is 0.0256. The van der Waals surface area contributed by atoms with Crippen LogP contribution in [0.3, 0.4) is 0 Å². The topological polar surface area (TPSA) is 29.5 Å². The van der Waals surface area contributed by atoms with Gasteiger partial charge in [0.1, 0.15) is 11.2 Å². The van der Waals surface area contributed by atoms with Crippen molar-refractivity contribution in [2.24, 2.45) is 0 Å². The third kappa shape index (κ3) is 11.9. The van der Waals surface area contributed by atoms with E-state index in [1.54, 1.807) is 0 Å². The molecule has 5 nitrogen and oxygen atoms in total. The van der Waals surface area contributed by atoms with Crippen LogP contribution in [0.4, 0.5) is 34.1 Å². The summed E-state index contributed by atoms with van der Waals surface area (Å²) in [6, 6.07) is 165. The van der Waals surface area contributed by atoms with Gasteiger partial charge in [0.2, 0.25) is 0 Å². The van der Waals surface area contributed by atoms with Gasteiger partial charge in [-0.3, -0.25) is 0 Å². The molecule has 0 saturated heterocycles. The first-order chi connectivity index (χ1) is 60.3. The molecule has 1 aliphatic rings. The highest BCUT2D eigenvalue weighted by Crippen LogP contribution is 2.56. The van der Waals surface area contributed by atoms with Crippen LogP contribution >= 0.6 is 0 Å². The average Bonchev–Trinajstić information content (AvgIpc) is 1.55. The maximum absolute atomic E-state index is 6.71. The van der Waals surface area contributed by atoms with Gasteiger partial charge in [0, 0.05) is 89.0 Å². The summed E-state index contributed by atoms with van der Waals surface area (Å²) >= 11 is 0. The van der Waals surface area contributed by atoms with Crippen LogP contribution in [0.25, 0.3) is 177 Å². The minimum absolute atomic E-state index is 0.363.